The van der Waals surface area contributed by atoms with Gasteiger partial charge in [-0.2, -0.15) is 4.37 Å². The largest absolute Gasteiger partial charge is 0.477 e. The molecular weight excluding hydrogens is 489 g/mol. The van der Waals surface area contributed by atoms with Crippen LogP contribution >= 0.6 is 11.5 Å². The van der Waals surface area contributed by atoms with Crippen LogP contribution in [-0.2, 0) is 6.61 Å². The number of hydrogen-bond donors (Lipinski definition) is 4. The number of likely N-dealkylation sites (N-methyl/N-ethyl adjacent to an activating group) is 1. The van der Waals surface area contributed by atoms with E-state index < -0.39 is 59.2 Å². The number of anilines is 1. The molecule has 0 aliphatic carbocycles. The average Bonchev–Trinajstić information content (AvgIpc) is 3.16. The van der Waals surface area contributed by atoms with E-state index >= 15 is 0 Å². The molecule has 4 N–H and O–H groups in total. The van der Waals surface area contributed by atoms with E-state index in [4.69, 9.17) is 4.74 Å². The summed E-state index contributed by atoms with van der Waals surface area (Å²) in [4.78, 5) is 25.7. The molecule has 13 heteroatoms. The lowest BCUT2D eigenvalue weighted by molar-refractivity contribution is 0.0692. The van der Waals surface area contributed by atoms with E-state index in [0.717, 1.165) is 18.9 Å². The molecule has 2 aromatic rings. The molecule has 1 atom stereocenters. The van der Waals surface area contributed by atoms with Crippen LogP contribution in [0.3, 0.4) is 0 Å². The molecule has 0 saturated heterocycles. The van der Waals surface area contributed by atoms with Gasteiger partial charge in [-0.05, 0) is 57.0 Å². The van der Waals surface area contributed by atoms with Crippen molar-refractivity contribution in [2.75, 3.05) is 32.5 Å². The van der Waals surface area contributed by atoms with Crippen molar-refractivity contribution in [3.8, 4) is 5.88 Å². The number of urea groups is 1. The van der Waals surface area contributed by atoms with Gasteiger partial charge in [0.15, 0.2) is 17.2 Å². The molecular formula is C22H29F3N4O5S. The van der Waals surface area contributed by atoms with Gasteiger partial charge >= 0.3 is 12.0 Å². The third kappa shape index (κ3) is 8.37. The number of carbonyl (C=O) groups excluding carboxylic acids is 1. The van der Waals surface area contributed by atoms with Gasteiger partial charge in [-0.3, -0.25) is 5.32 Å². The number of aliphatic hydroxyl groups is 1. The number of nitrogens with zero attached hydrogens (tertiary/aromatic N) is 2. The predicted molar refractivity (Wildman–Crippen MR) is 125 cm³/mol. The zero-order valence-corrected chi connectivity index (χ0v) is 20.5. The second-order valence-corrected chi connectivity index (χ2v) is 8.99. The quantitative estimate of drug-likeness (QED) is 0.235. The maximum Gasteiger partial charge on any atom is 0.344 e. The van der Waals surface area contributed by atoms with Crippen LogP contribution in [-0.4, -0.2) is 64.8 Å². The van der Waals surface area contributed by atoms with Crippen LogP contribution in [0.4, 0.5) is 23.0 Å². The fourth-order valence-corrected chi connectivity index (χ4v) is 3.94. The van der Waals surface area contributed by atoms with E-state index in [-0.39, 0.29) is 10.6 Å². The zero-order valence-electron chi connectivity index (χ0n) is 19.7. The fraction of sp³-hybridized carbons (Fsp3) is 0.500. The molecule has 1 unspecified atom stereocenters. The molecule has 0 aliphatic heterocycles. The Labute approximate surface area is 205 Å². The highest BCUT2D eigenvalue weighted by molar-refractivity contribution is 7.11. The predicted octanol–water partition coefficient (Wildman–Crippen LogP) is 3.75. The topological polar surface area (TPSA) is 124 Å². The lowest BCUT2D eigenvalue weighted by Crippen LogP contribution is -2.29. The Bertz CT molecular complexity index is 1040. The van der Waals surface area contributed by atoms with Gasteiger partial charge < -0.3 is 25.2 Å². The van der Waals surface area contributed by atoms with E-state index in [1.165, 1.54) is 6.92 Å². The molecule has 0 radical (unpaired) electrons. The van der Waals surface area contributed by atoms with Gasteiger partial charge in [-0.25, -0.2) is 22.8 Å². The lowest BCUT2D eigenvalue weighted by atomic mass is 10.1. The summed E-state index contributed by atoms with van der Waals surface area (Å²) in [5.74, 6) is -5.64. The highest BCUT2D eigenvalue weighted by Crippen LogP contribution is 2.31. The SMILES string of the molecule is Cc1cc(F)c(COc2nsc(NC(=O)NCCCCCC(O)CN(C)C)c2C(=O)O)c(F)c1F. The van der Waals surface area contributed by atoms with Crippen molar-refractivity contribution in [2.45, 2.75) is 45.3 Å². The molecule has 1 aromatic heterocycles. The number of hydrogen-bond acceptors (Lipinski definition) is 7. The summed E-state index contributed by atoms with van der Waals surface area (Å²) in [5, 5.41) is 24.1. The number of carboxylic acid groups (broad SMARTS) is 1. The maximum absolute atomic E-state index is 14.0. The van der Waals surface area contributed by atoms with Crippen LogP contribution in [0.25, 0.3) is 0 Å². The highest BCUT2D eigenvalue weighted by atomic mass is 32.1. The molecule has 2 rings (SSSR count). The van der Waals surface area contributed by atoms with Gasteiger partial charge in [-0.1, -0.05) is 12.8 Å². The van der Waals surface area contributed by atoms with Crippen LogP contribution < -0.4 is 15.4 Å². The molecule has 2 amide bonds. The van der Waals surface area contributed by atoms with Crippen molar-refractivity contribution in [1.29, 1.82) is 0 Å². The minimum absolute atomic E-state index is 0.132. The molecule has 0 fully saturated rings. The number of aryl methyl sites for hydroxylation is 1. The number of halogens is 3. The van der Waals surface area contributed by atoms with E-state index in [2.05, 4.69) is 15.0 Å². The number of rotatable bonds is 13. The molecule has 194 valence electrons. The van der Waals surface area contributed by atoms with E-state index in [1.54, 1.807) is 0 Å². The van der Waals surface area contributed by atoms with Crippen LogP contribution in [0, 0.1) is 24.4 Å². The highest BCUT2D eigenvalue weighted by Gasteiger charge is 2.25. The Morgan fingerprint density at radius 3 is 2.57 bits per heavy atom. The second-order valence-electron chi connectivity index (χ2n) is 8.21. The Hall–Kier alpha value is -2.90. The summed E-state index contributed by atoms with van der Waals surface area (Å²) in [5.41, 5.74) is -1.42. The number of unbranched alkanes of at least 4 members (excludes halogenated alkanes) is 2. The molecule has 1 heterocycles. The number of carbonyl (C=O) groups is 2. The zero-order chi connectivity index (χ0) is 26.1. The van der Waals surface area contributed by atoms with E-state index in [1.807, 2.05) is 19.0 Å². The Balaban J connectivity index is 1.88. The summed E-state index contributed by atoms with van der Waals surface area (Å²) in [6.07, 6.45) is 2.49. The Morgan fingerprint density at radius 2 is 1.91 bits per heavy atom. The third-order valence-electron chi connectivity index (χ3n) is 4.97. The van der Waals surface area contributed by atoms with Gasteiger partial charge in [0.25, 0.3) is 0 Å². The van der Waals surface area contributed by atoms with Gasteiger partial charge in [0.1, 0.15) is 17.4 Å². The molecule has 0 spiro atoms. The minimum atomic E-state index is -1.48. The molecule has 1 aromatic carbocycles. The number of carboxylic acids is 1. The standard InChI is InChI=1S/C22H29F3N4O5S/c1-12-9-15(23)14(18(25)17(12)24)11-34-19-16(21(31)32)20(35-28-19)27-22(33)26-8-6-4-5-7-13(30)10-29(2)3/h9,13,30H,4-8,10-11H2,1-3H3,(H,31,32)(H2,26,27,33). The smallest absolute Gasteiger partial charge is 0.344 e. The fourth-order valence-electron chi connectivity index (χ4n) is 3.22. The monoisotopic (exact) mass is 518 g/mol. The van der Waals surface area contributed by atoms with Crippen molar-refractivity contribution >= 4 is 28.5 Å². The molecule has 0 saturated carbocycles. The number of benzene rings is 1. The van der Waals surface area contributed by atoms with E-state index in [9.17, 15) is 33.0 Å². The van der Waals surface area contributed by atoms with Crippen LogP contribution in [0.15, 0.2) is 6.07 Å². The normalized spacial score (nSPS) is 12.0. The first-order chi connectivity index (χ1) is 16.5. The van der Waals surface area contributed by atoms with Gasteiger partial charge in [-0.15, -0.1) is 0 Å². The molecule has 0 aliphatic rings. The average molecular weight is 519 g/mol. The first-order valence-corrected chi connectivity index (χ1v) is 11.6. The van der Waals surface area contributed by atoms with Gasteiger partial charge in [0, 0.05) is 13.1 Å². The van der Waals surface area contributed by atoms with Crippen molar-refractivity contribution in [1.82, 2.24) is 14.6 Å². The molecule has 0 bridgehead atoms. The van der Waals surface area contributed by atoms with Crippen molar-refractivity contribution in [3.63, 3.8) is 0 Å². The maximum atomic E-state index is 14.0. The molecule has 35 heavy (non-hydrogen) atoms. The van der Waals surface area contributed by atoms with Crippen LogP contribution in [0.2, 0.25) is 0 Å². The Kier molecular flexibility index (Phi) is 10.7. The first-order valence-electron chi connectivity index (χ1n) is 10.9. The second kappa shape index (κ2) is 13.3. The van der Waals surface area contributed by atoms with Crippen molar-refractivity contribution < 1.29 is 37.7 Å². The summed E-state index contributed by atoms with van der Waals surface area (Å²) < 4.78 is 50.7. The van der Waals surface area contributed by atoms with Crippen molar-refractivity contribution in [3.05, 3.63) is 40.2 Å². The van der Waals surface area contributed by atoms with Gasteiger partial charge in [0.05, 0.1) is 11.7 Å². The number of aromatic nitrogens is 1. The van der Waals surface area contributed by atoms with Crippen LogP contribution in [0.5, 0.6) is 5.88 Å². The summed E-state index contributed by atoms with van der Waals surface area (Å²) >= 11 is 0.616. The number of aromatic carboxylic acids is 1. The lowest BCUT2D eigenvalue weighted by Gasteiger charge is -2.15. The molecule has 9 nitrogen and oxygen atoms in total. The number of ether oxygens (including phenoxy) is 1. The van der Waals surface area contributed by atoms with Crippen molar-refractivity contribution in [2.24, 2.45) is 0 Å². The summed E-state index contributed by atoms with van der Waals surface area (Å²) in [7, 11) is 3.76. The van der Waals surface area contributed by atoms with E-state index in [0.29, 0.717) is 37.5 Å². The minimum Gasteiger partial charge on any atom is -0.477 e. The van der Waals surface area contributed by atoms with Crippen LogP contribution in [0.1, 0.15) is 47.2 Å². The summed E-state index contributed by atoms with van der Waals surface area (Å²) in [6.45, 7) is 1.32. The summed E-state index contributed by atoms with van der Waals surface area (Å²) in [6, 6.07) is 0.146. The number of aliphatic hydroxyl groups excluding tert-OH is 1. The van der Waals surface area contributed by atoms with Gasteiger partial charge in [0.2, 0.25) is 5.88 Å². The third-order valence-corrected chi connectivity index (χ3v) is 5.71. The number of nitrogens with one attached hydrogen (secondary N) is 2. The first kappa shape index (κ1) is 28.3. The number of amides is 2. The Morgan fingerprint density at radius 1 is 1.20 bits per heavy atom.